The van der Waals surface area contributed by atoms with Gasteiger partial charge in [-0.05, 0) is 32.6 Å². The SMILES string of the molecule is CCCC(=O)CCCOCCOCC(=O)NCCOCCOCC(=O)NCCCC[C@H](CC(=O)[C@@H](N)Cc1cnc[nH]1)C(=O)N[C@H](C(=O)O)[C@@H](C)O. The molecule has 1 aromatic rings. The standard InChI is InChI=1S/C34H58N6O12/c1-3-7-27(42)9-6-12-49-14-16-51-22-31(45)38-11-13-50-15-17-52-21-30(44)37-10-5-4-8-25(33(46)40-32(24(2)41)34(47)48)18-29(43)28(35)19-26-20-36-23-39-26/h20,23-25,28,32,41H,3-19,21-22,35H2,1-2H3,(H,36,39)(H,37,44)(H,38,45)(H,40,46)(H,47,48)/t24-,25-,28+,32+/m1/s1. The van der Waals surface area contributed by atoms with Crippen molar-refractivity contribution in [3.63, 3.8) is 0 Å². The maximum atomic E-state index is 13.0. The number of carboxylic acid groups (broad SMARTS) is 1. The highest BCUT2D eigenvalue weighted by molar-refractivity contribution is 5.91. The van der Waals surface area contributed by atoms with Crippen LogP contribution in [0, 0.1) is 5.92 Å². The van der Waals surface area contributed by atoms with E-state index in [0.717, 1.165) is 6.42 Å². The summed E-state index contributed by atoms with van der Waals surface area (Å²) in [6, 6.07) is -2.44. The number of rotatable bonds is 33. The zero-order valence-corrected chi connectivity index (χ0v) is 30.4. The third-order valence-corrected chi connectivity index (χ3v) is 7.63. The van der Waals surface area contributed by atoms with Crippen molar-refractivity contribution in [3.05, 3.63) is 18.2 Å². The van der Waals surface area contributed by atoms with Crippen molar-refractivity contribution in [2.24, 2.45) is 11.7 Å². The Kier molecular flexibility index (Phi) is 25.5. The fraction of sp³-hybridized carbons (Fsp3) is 0.735. The van der Waals surface area contributed by atoms with Crippen LogP contribution < -0.4 is 21.7 Å². The first-order valence-electron chi connectivity index (χ1n) is 17.8. The van der Waals surface area contributed by atoms with Gasteiger partial charge in [-0.3, -0.25) is 24.0 Å². The van der Waals surface area contributed by atoms with Gasteiger partial charge in [-0.1, -0.05) is 13.3 Å². The summed E-state index contributed by atoms with van der Waals surface area (Å²) >= 11 is 0. The average molecular weight is 743 g/mol. The zero-order valence-electron chi connectivity index (χ0n) is 30.4. The van der Waals surface area contributed by atoms with Crippen molar-refractivity contribution < 1.29 is 57.9 Å². The summed E-state index contributed by atoms with van der Waals surface area (Å²) in [6.45, 7) is 5.18. The number of aromatic nitrogens is 2. The third-order valence-electron chi connectivity index (χ3n) is 7.63. The Bertz CT molecular complexity index is 1180. The number of aliphatic hydroxyl groups excluding tert-OH is 1. The molecule has 18 nitrogen and oxygen atoms in total. The lowest BCUT2D eigenvalue weighted by Gasteiger charge is -2.22. The van der Waals surface area contributed by atoms with Crippen molar-refractivity contribution in [2.45, 2.75) is 89.8 Å². The number of H-pyrrole nitrogens is 1. The van der Waals surface area contributed by atoms with Gasteiger partial charge in [-0.15, -0.1) is 0 Å². The van der Waals surface area contributed by atoms with E-state index in [1.54, 1.807) is 0 Å². The van der Waals surface area contributed by atoms with E-state index < -0.39 is 36.0 Å². The van der Waals surface area contributed by atoms with Crippen LogP contribution in [0.25, 0.3) is 0 Å². The number of hydrogen-bond donors (Lipinski definition) is 7. The van der Waals surface area contributed by atoms with E-state index in [1.165, 1.54) is 19.4 Å². The Morgan fingerprint density at radius 3 is 2.10 bits per heavy atom. The highest BCUT2D eigenvalue weighted by Gasteiger charge is 2.30. The molecule has 0 spiro atoms. The number of aliphatic carboxylic acids is 1. The molecule has 0 bridgehead atoms. The number of aliphatic hydroxyl groups is 1. The largest absolute Gasteiger partial charge is 0.480 e. The minimum Gasteiger partial charge on any atom is -0.480 e. The van der Waals surface area contributed by atoms with Gasteiger partial charge in [-0.25, -0.2) is 9.78 Å². The van der Waals surface area contributed by atoms with Crippen LogP contribution >= 0.6 is 0 Å². The number of nitrogens with one attached hydrogen (secondary N) is 4. The van der Waals surface area contributed by atoms with Crippen LogP contribution in [0.15, 0.2) is 12.5 Å². The van der Waals surface area contributed by atoms with Gasteiger partial charge >= 0.3 is 5.97 Å². The van der Waals surface area contributed by atoms with Gasteiger partial charge in [0.05, 0.1) is 51.5 Å². The molecule has 18 heteroatoms. The van der Waals surface area contributed by atoms with E-state index >= 15 is 0 Å². The molecule has 0 aliphatic rings. The van der Waals surface area contributed by atoms with Crippen molar-refractivity contribution in [2.75, 3.05) is 65.9 Å². The van der Waals surface area contributed by atoms with Gasteiger partial charge in [0, 0.05) is 63.2 Å². The lowest BCUT2D eigenvalue weighted by atomic mass is 9.91. The number of Topliss-reactive ketones (excluding diaryl/α,β-unsaturated/α-hetero) is 2. The van der Waals surface area contributed by atoms with Gasteiger partial charge in [0.1, 0.15) is 19.0 Å². The molecule has 0 saturated carbocycles. The fourth-order valence-electron chi connectivity index (χ4n) is 4.78. The number of ether oxygens (including phenoxy) is 4. The van der Waals surface area contributed by atoms with Gasteiger partial charge in [0.25, 0.3) is 0 Å². The number of amides is 3. The summed E-state index contributed by atoms with van der Waals surface area (Å²) in [7, 11) is 0. The maximum absolute atomic E-state index is 13.0. The molecule has 0 radical (unpaired) electrons. The van der Waals surface area contributed by atoms with Gasteiger partial charge in [0.2, 0.25) is 17.7 Å². The normalized spacial score (nSPS) is 13.5. The number of hydrogen-bond acceptors (Lipinski definition) is 13. The summed E-state index contributed by atoms with van der Waals surface area (Å²) in [6.07, 6.45) is 5.37. The first-order valence-corrected chi connectivity index (χ1v) is 17.8. The summed E-state index contributed by atoms with van der Waals surface area (Å²) in [5.74, 6) is -3.77. The number of carbonyl (C=O) groups excluding carboxylic acids is 5. The Hall–Kier alpha value is -3.81. The molecule has 3 amide bonds. The van der Waals surface area contributed by atoms with Crippen molar-refractivity contribution in [1.29, 1.82) is 0 Å². The van der Waals surface area contributed by atoms with E-state index in [2.05, 4.69) is 25.9 Å². The summed E-state index contributed by atoms with van der Waals surface area (Å²) in [5.41, 5.74) is 6.69. The molecule has 0 aliphatic heterocycles. The second-order valence-electron chi connectivity index (χ2n) is 12.2. The molecule has 0 aromatic carbocycles. The van der Waals surface area contributed by atoms with Crippen LogP contribution in [0.2, 0.25) is 0 Å². The van der Waals surface area contributed by atoms with Crippen molar-refractivity contribution >= 4 is 35.3 Å². The summed E-state index contributed by atoms with van der Waals surface area (Å²) in [4.78, 5) is 79.4. The molecule has 1 aromatic heterocycles. The Labute approximate surface area is 304 Å². The van der Waals surface area contributed by atoms with E-state index in [4.69, 9.17) is 24.7 Å². The summed E-state index contributed by atoms with van der Waals surface area (Å²) in [5, 5.41) is 26.8. The number of nitrogens with two attached hydrogens (primary N) is 1. The molecule has 0 unspecified atom stereocenters. The molecule has 8 N–H and O–H groups in total. The Balaban J connectivity index is 2.18. The predicted molar refractivity (Wildman–Crippen MR) is 187 cm³/mol. The van der Waals surface area contributed by atoms with E-state index in [9.17, 15) is 39.0 Å². The van der Waals surface area contributed by atoms with E-state index in [0.29, 0.717) is 51.0 Å². The Morgan fingerprint density at radius 1 is 0.865 bits per heavy atom. The molecule has 52 heavy (non-hydrogen) atoms. The van der Waals surface area contributed by atoms with Crippen LogP contribution in [-0.4, -0.2) is 140 Å². The second kappa shape index (κ2) is 28.7. The number of imidazole rings is 1. The number of ketones is 2. The predicted octanol–water partition coefficient (Wildman–Crippen LogP) is -0.576. The molecule has 0 fully saturated rings. The minimum atomic E-state index is -1.54. The van der Waals surface area contributed by atoms with Gasteiger partial charge in [-0.2, -0.15) is 0 Å². The monoisotopic (exact) mass is 742 g/mol. The topological polar surface area (TPSA) is 271 Å². The van der Waals surface area contributed by atoms with E-state index in [1.807, 2.05) is 6.92 Å². The molecule has 296 valence electrons. The van der Waals surface area contributed by atoms with Crippen molar-refractivity contribution in [1.82, 2.24) is 25.9 Å². The molecule has 1 rings (SSSR count). The smallest absolute Gasteiger partial charge is 0.328 e. The fourth-order valence-corrected chi connectivity index (χ4v) is 4.78. The highest BCUT2D eigenvalue weighted by atomic mass is 16.5. The van der Waals surface area contributed by atoms with E-state index in [-0.39, 0.29) is 95.4 Å². The lowest BCUT2D eigenvalue weighted by molar-refractivity contribution is -0.145. The first-order chi connectivity index (χ1) is 24.9. The van der Waals surface area contributed by atoms with Crippen LogP contribution in [0.3, 0.4) is 0 Å². The third kappa shape index (κ3) is 22.9. The lowest BCUT2D eigenvalue weighted by Crippen LogP contribution is -2.50. The zero-order chi connectivity index (χ0) is 38.6. The average Bonchev–Trinajstić information content (AvgIpc) is 3.61. The molecular formula is C34H58N6O12. The molecule has 1 heterocycles. The maximum Gasteiger partial charge on any atom is 0.328 e. The van der Waals surface area contributed by atoms with Crippen LogP contribution in [0.4, 0.5) is 0 Å². The van der Waals surface area contributed by atoms with Crippen LogP contribution in [0.5, 0.6) is 0 Å². The number of nitrogens with zero attached hydrogens (tertiary/aromatic N) is 1. The minimum absolute atomic E-state index is 0.106. The van der Waals surface area contributed by atoms with Gasteiger partial charge in [0.15, 0.2) is 11.8 Å². The quantitative estimate of drug-likeness (QED) is 0.0445. The van der Waals surface area contributed by atoms with Crippen LogP contribution in [-0.2, 0) is 54.1 Å². The molecule has 0 aliphatic carbocycles. The Morgan fingerprint density at radius 2 is 1.50 bits per heavy atom. The highest BCUT2D eigenvalue weighted by Crippen LogP contribution is 2.16. The molecular weight excluding hydrogens is 684 g/mol. The van der Waals surface area contributed by atoms with Crippen LogP contribution in [0.1, 0.15) is 70.9 Å². The number of aromatic amines is 1. The van der Waals surface area contributed by atoms with Gasteiger partial charge < -0.3 is 55.8 Å². The number of carboxylic acids is 1. The summed E-state index contributed by atoms with van der Waals surface area (Å²) < 4.78 is 21.3. The number of carbonyl (C=O) groups is 6. The molecule has 0 saturated heterocycles. The second-order valence-corrected chi connectivity index (χ2v) is 12.2. The molecule has 4 atom stereocenters. The number of unbranched alkanes of at least 4 members (excludes halogenated alkanes) is 1. The van der Waals surface area contributed by atoms with Crippen molar-refractivity contribution in [3.8, 4) is 0 Å². The first kappa shape index (κ1) is 46.2.